The van der Waals surface area contributed by atoms with Crippen LogP contribution in [0.15, 0.2) is 11.6 Å². The monoisotopic (exact) mass is 335 g/mol. The molecule has 4 nitrogen and oxygen atoms in total. The third-order valence-corrected chi connectivity index (χ3v) is 6.12. The first kappa shape index (κ1) is 16.9. The van der Waals surface area contributed by atoms with E-state index in [-0.39, 0.29) is 11.9 Å². The maximum absolute atomic E-state index is 13.3. The van der Waals surface area contributed by atoms with Gasteiger partial charge in [-0.1, -0.05) is 32.1 Å². The number of rotatable bonds is 4. The molecule has 2 fully saturated rings. The van der Waals surface area contributed by atoms with Crippen LogP contribution in [0.3, 0.4) is 0 Å². The summed E-state index contributed by atoms with van der Waals surface area (Å²) in [6, 6.07) is 0.316. The second kappa shape index (κ2) is 8.25. The molecule has 1 atom stereocenters. The second-order valence-corrected chi connectivity index (χ2v) is 7.81. The molecule has 0 radical (unpaired) electrons. The Morgan fingerprint density at radius 2 is 1.83 bits per heavy atom. The lowest BCUT2D eigenvalue weighted by molar-refractivity contribution is -0.123. The van der Waals surface area contributed by atoms with E-state index in [2.05, 4.69) is 16.8 Å². The molecule has 5 heteroatoms. The Balaban J connectivity index is 1.76. The van der Waals surface area contributed by atoms with Crippen LogP contribution in [0.2, 0.25) is 0 Å². The number of hydrogen-bond acceptors (Lipinski definition) is 4. The van der Waals surface area contributed by atoms with E-state index in [4.69, 9.17) is 0 Å². The topological polar surface area (TPSA) is 36.4 Å². The minimum atomic E-state index is -0.0288. The van der Waals surface area contributed by atoms with Gasteiger partial charge in [0, 0.05) is 17.6 Å². The number of carbonyl (C=O) groups is 1. The summed E-state index contributed by atoms with van der Waals surface area (Å²) in [6.45, 7) is 4.21. The maximum atomic E-state index is 13.3. The number of thiazole rings is 1. The Kier molecular flexibility index (Phi) is 6.06. The molecular weight excluding hydrogens is 306 g/mol. The number of likely N-dealkylation sites (tertiary alicyclic amines) is 1. The van der Waals surface area contributed by atoms with Gasteiger partial charge < -0.3 is 0 Å². The number of aromatic nitrogens is 1. The van der Waals surface area contributed by atoms with Crippen molar-refractivity contribution in [3.8, 4) is 0 Å². The van der Waals surface area contributed by atoms with Crippen LogP contribution in [0, 0.1) is 0 Å². The van der Waals surface area contributed by atoms with Crippen molar-refractivity contribution in [2.45, 2.75) is 76.8 Å². The number of carbonyl (C=O) groups excluding carboxylic acids is 1. The predicted octanol–water partition coefficient (Wildman–Crippen LogP) is 4.07. The van der Waals surface area contributed by atoms with Crippen molar-refractivity contribution >= 4 is 22.4 Å². The Morgan fingerprint density at radius 1 is 1.17 bits per heavy atom. The van der Waals surface area contributed by atoms with Crippen LogP contribution < -0.4 is 4.90 Å². The minimum absolute atomic E-state index is 0.0288. The average molecular weight is 336 g/mol. The molecule has 0 spiro atoms. The van der Waals surface area contributed by atoms with E-state index in [1.54, 1.807) is 11.3 Å². The van der Waals surface area contributed by atoms with Crippen LogP contribution in [-0.4, -0.2) is 41.0 Å². The molecule has 1 aliphatic heterocycles. The zero-order valence-corrected chi connectivity index (χ0v) is 15.1. The zero-order valence-electron chi connectivity index (χ0n) is 14.2. The summed E-state index contributed by atoms with van der Waals surface area (Å²) in [5.74, 6) is 0.258. The van der Waals surface area contributed by atoms with E-state index in [9.17, 15) is 4.79 Å². The zero-order chi connectivity index (χ0) is 16.1. The van der Waals surface area contributed by atoms with Crippen LogP contribution in [-0.2, 0) is 4.79 Å². The highest BCUT2D eigenvalue weighted by molar-refractivity contribution is 7.13. The molecule has 3 rings (SSSR count). The van der Waals surface area contributed by atoms with Gasteiger partial charge in [0.25, 0.3) is 0 Å². The lowest BCUT2D eigenvalue weighted by atomic mass is 9.94. The van der Waals surface area contributed by atoms with Crippen molar-refractivity contribution in [2.75, 3.05) is 18.0 Å². The Morgan fingerprint density at radius 3 is 2.43 bits per heavy atom. The number of nitrogens with zero attached hydrogens (tertiary/aromatic N) is 3. The summed E-state index contributed by atoms with van der Waals surface area (Å²) in [5.41, 5.74) is 0. The van der Waals surface area contributed by atoms with Crippen molar-refractivity contribution in [3.63, 3.8) is 0 Å². The largest absolute Gasteiger partial charge is 0.292 e. The molecule has 2 aliphatic rings. The maximum Gasteiger partial charge on any atom is 0.246 e. The minimum Gasteiger partial charge on any atom is -0.292 e. The van der Waals surface area contributed by atoms with Gasteiger partial charge in [-0.05, 0) is 45.7 Å². The van der Waals surface area contributed by atoms with Gasteiger partial charge in [-0.2, -0.15) is 0 Å². The van der Waals surface area contributed by atoms with Gasteiger partial charge in [-0.3, -0.25) is 14.6 Å². The predicted molar refractivity (Wildman–Crippen MR) is 96.0 cm³/mol. The SMILES string of the molecule is CC(C(=O)N(c1nccs1)C1CCCCC1)N1CCCCCC1. The Bertz CT molecular complexity index is 476. The quantitative estimate of drug-likeness (QED) is 0.832. The summed E-state index contributed by atoms with van der Waals surface area (Å²) < 4.78 is 0. The summed E-state index contributed by atoms with van der Waals surface area (Å²) in [7, 11) is 0. The van der Waals surface area contributed by atoms with E-state index in [0.717, 1.165) is 31.1 Å². The molecule has 0 N–H and O–H groups in total. The van der Waals surface area contributed by atoms with Gasteiger partial charge in [0.15, 0.2) is 5.13 Å². The van der Waals surface area contributed by atoms with Crippen LogP contribution in [0.4, 0.5) is 5.13 Å². The van der Waals surface area contributed by atoms with Crippen LogP contribution in [0.1, 0.15) is 64.7 Å². The third-order valence-electron chi connectivity index (χ3n) is 5.35. The van der Waals surface area contributed by atoms with Gasteiger partial charge in [-0.25, -0.2) is 4.98 Å². The smallest absolute Gasteiger partial charge is 0.246 e. The molecular formula is C18H29N3OS. The first-order valence-electron chi connectivity index (χ1n) is 9.24. The molecule has 23 heavy (non-hydrogen) atoms. The van der Waals surface area contributed by atoms with Crippen molar-refractivity contribution < 1.29 is 4.79 Å². The molecule has 1 aromatic heterocycles. The molecule has 2 heterocycles. The molecule has 128 valence electrons. The van der Waals surface area contributed by atoms with E-state index in [1.165, 1.54) is 44.9 Å². The Hall–Kier alpha value is -0.940. The fraction of sp³-hybridized carbons (Fsp3) is 0.778. The molecule has 0 bridgehead atoms. The summed E-state index contributed by atoms with van der Waals surface area (Å²) in [5, 5.41) is 2.87. The number of amides is 1. The third kappa shape index (κ3) is 4.13. The molecule has 1 aromatic rings. The normalized spacial score (nSPS) is 22.5. The van der Waals surface area contributed by atoms with E-state index in [1.807, 2.05) is 16.5 Å². The molecule has 1 saturated carbocycles. The lowest BCUT2D eigenvalue weighted by Gasteiger charge is -2.37. The molecule has 1 saturated heterocycles. The fourth-order valence-corrected chi connectivity index (χ4v) is 4.66. The van der Waals surface area contributed by atoms with Crippen LogP contribution >= 0.6 is 11.3 Å². The molecule has 1 aliphatic carbocycles. The lowest BCUT2D eigenvalue weighted by Crippen LogP contribution is -2.51. The van der Waals surface area contributed by atoms with Crippen LogP contribution in [0.25, 0.3) is 0 Å². The van der Waals surface area contributed by atoms with Crippen molar-refractivity contribution in [2.24, 2.45) is 0 Å². The van der Waals surface area contributed by atoms with Crippen molar-refractivity contribution in [1.29, 1.82) is 0 Å². The first-order valence-corrected chi connectivity index (χ1v) is 10.1. The van der Waals surface area contributed by atoms with Gasteiger partial charge in [0.1, 0.15) is 0 Å². The van der Waals surface area contributed by atoms with E-state index < -0.39 is 0 Å². The molecule has 0 aromatic carbocycles. The highest BCUT2D eigenvalue weighted by Gasteiger charge is 2.33. The van der Waals surface area contributed by atoms with Crippen molar-refractivity contribution in [1.82, 2.24) is 9.88 Å². The van der Waals surface area contributed by atoms with Gasteiger partial charge in [0.2, 0.25) is 5.91 Å². The number of anilines is 1. The standard InChI is InChI=1S/C18H29N3OS/c1-15(20-12-7-2-3-8-13-20)17(22)21(18-19-11-14-23-18)16-9-5-4-6-10-16/h11,14-16H,2-10,12-13H2,1H3. The first-order chi connectivity index (χ1) is 11.3. The number of hydrogen-bond donors (Lipinski definition) is 0. The fourth-order valence-electron chi connectivity index (χ4n) is 3.94. The molecule has 1 amide bonds. The highest BCUT2D eigenvalue weighted by Crippen LogP contribution is 2.30. The van der Waals surface area contributed by atoms with Gasteiger partial charge in [0.05, 0.1) is 6.04 Å². The average Bonchev–Trinajstić information content (AvgIpc) is 2.96. The molecule has 1 unspecified atom stereocenters. The van der Waals surface area contributed by atoms with E-state index >= 15 is 0 Å². The second-order valence-electron chi connectivity index (χ2n) is 6.94. The highest BCUT2D eigenvalue weighted by atomic mass is 32.1. The van der Waals surface area contributed by atoms with Gasteiger partial charge in [-0.15, -0.1) is 11.3 Å². The summed E-state index contributed by atoms with van der Waals surface area (Å²) in [6.07, 6.45) is 12.9. The van der Waals surface area contributed by atoms with Crippen molar-refractivity contribution in [3.05, 3.63) is 11.6 Å². The van der Waals surface area contributed by atoms with E-state index in [0.29, 0.717) is 6.04 Å². The summed E-state index contributed by atoms with van der Waals surface area (Å²) >= 11 is 1.60. The van der Waals surface area contributed by atoms with Gasteiger partial charge >= 0.3 is 0 Å². The summed E-state index contributed by atoms with van der Waals surface area (Å²) in [4.78, 5) is 22.2. The Labute approximate surface area is 143 Å². The van der Waals surface area contributed by atoms with Crippen LogP contribution in [0.5, 0.6) is 0 Å².